The monoisotopic (exact) mass is 302 g/mol. The molecular weight excluding hydrogens is 276 g/mol. The van der Waals surface area contributed by atoms with Crippen molar-refractivity contribution in [3.63, 3.8) is 0 Å². The minimum Gasteiger partial charge on any atom is -0.313 e. The standard InChI is InChI=1S/C18H26N2S/c1-3-5-8-12-21-18-16(14-19-11-4-2)13-15-9-6-7-10-17(15)20-18/h6-7,9-10,13,19H,3-5,8,11-12,14H2,1-2H3. The predicted molar refractivity (Wildman–Crippen MR) is 94.0 cm³/mol. The lowest BCUT2D eigenvalue weighted by Gasteiger charge is -2.11. The minimum atomic E-state index is 0.918. The summed E-state index contributed by atoms with van der Waals surface area (Å²) in [6.45, 7) is 6.43. The van der Waals surface area contributed by atoms with E-state index in [0.29, 0.717) is 0 Å². The van der Waals surface area contributed by atoms with Crippen LogP contribution in [0.15, 0.2) is 35.4 Å². The van der Waals surface area contributed by atoms with Gasteiger partial charge in [0.15, 0.2) is 0 Å². The molecular formula is C18H26N2S. The average molecular weight is 302 g/mol. The van der Waals surface area contributed by atoms with Crippen molar-refractivity contribution in [3.8, 4) is 0 Å². The van der Waals surface area contributed by atoms with Crippen molar-refractivity contribution in [1.29, 1.82) is 0 Å². The Kier molecular flexibility index (Phi) is 7.04. The second-order valence-electron chi connectivity index (χ2n) is 5.38. The first-order valence-electron chi connectivity index (χ1n) is 8.07. The Bertz CT molecular complexity index is 554. The summed E-state index contributed by atoms with van der Waals surface area (Å²) in [5.41, 5.74) is 2.44. The van der Waals surface area contributed by atoms with Crippen molar-refractivity contribution in [1.82, 2.24) is 10.3 Å². The van der Waals surface area contributed by atoms with E-state index in [1.807, 2.05) is 11.8 Å². The highest BCUT2D eigenvalue weighted by molar-refractivity contribution is 7.99. The Morgan fingerprint density at radius 3 is 2.76 bits per heavy atom. The second kappa shape index (κ2) is 9.06. The first kappa shape index (κ1) is 16.3. The van der Waals surface area contributed by atoms with Crippen molar-refractivity contribution >= 4 is 22.7 Å². The van der Waals surface area contributed by atoms with Crippen LogP contribution in [0.5, 0.6) is 0 Å². The smallest absolute Gasteiger partial charge is 0.101 e. The summed E-state index contributed by atoms with van der Waals surface area (Å²) >= 11 is 1.91. The van der Waals surface area contributed by atoms with E-state index < -0.39 is 0 Å². The maximum atomic E-state index is 4.87. The van der Waals surface area contributed by atoms with Gasteiger partial charge in [-0.15, -0.1) is 11.8 Å². The van der Waals surface area contributed by atoms with Crippen molar-refractivity contribution in [2.75, 3.05) is 12.3 Å². The largest absolute Gasteiger partial charge is 0.313 e. The summed E-state index contributed by atoms with van der Waals surface area (Å²) in [6.07, 6.45) is 5.03. The van der Waals surface area contributed by atoms with Crippen LogP contribution in [0.3, 0.4) is 0 Å². The van der Waals surface area contributed by atoms with Gasteiger partial charge < -0.3 is 5.32 Å². The van der Waals surface area contributed by atoms with Gasteiger partial charge in [0.25, 0.3) is 0 Å². The molecule has 114 valence electrons. The fourth-order valence-electron chi connectivity index (χ4n) is 2.31. The molecule has 1 heterocycles. The number of nitrogens with one attached hydrogen (secondary N) is 1. The highest BCUT2D eigenvalue weighted by atomic mass is 32.2. The van der Waals surface area contributed by atoms with Crippen LogP contribution in [0, 0.1) is 0 Å². The van der Waals surface area contributed by atoms with Crippen LogP contribution in [-0.4, -0.2) is 17.3 Å². The normalized spacial score (nSPS) is 11.1. The number of nitrogens with zero attached hydrogens (tertiary/aromatic N) is 1. The van der Waals surface area contributed by atoms with Crippen molar-refractivity contribution in [3.05, 3.63) is 35.9 Å². The molecule has 2 rings (SSSR count). The fourth-order valence-corrected chi connectivity index (χ4v) is 3.34. The van der Waals surface area contributed by atoms with E-state index in [9.17, 15) is 0 Å². The predicted octanol–water partition coefficient (Wildman–Crippen LogP) is 5.02. The Labute approximate surface area is 132 Å². The van der Waals surface area contributed by atoms with Gasteiger partial charge in [-0.1, -0.05) is 44.9 Å². The zero-order valence-electron chi connectivity index (χ0n) is 13.2. The number of pyridine rings is 1. The Morgan fingerprint density at radius 2 is 1.95 bits per heavy atom. The van der Waals surface area contributed by atoms with E-state index in [-0.39, 0.29) is 0 Å². The number of hydrogen-bond acceptors (Lipinski definition) is 3. The molecule has 0 fully saturated rings. The third kappa shape index (κ3) is 5.01. The van der Waals surface area contributed by atoms with Gasteiger partial charge in [0.2, 0.25) is 0 Å². The molecule has 1 N–H and O–H groups in total. The number of unbranched alkanes of at least 4 members (excludes halogenated alkanes) is 2. The van der Waals surface area contributed by atoms with Gasteiger partial charge in [0.05, 0.1) is 5.52 Å². The summed E-state index contributed by atoms with van der Waals surface area (Å²) in [4.78, 5) is 4.87. The molecule has 0 amide bonds. The highest BCUT2D eigenvalue weighted by Gasteiger charge is 2.07. The molecule has 2 nitrogen and oxygen atoms in total. The summed E-state index contributed by atoms with van der Waals surface area (Å²) in [7, 11) is 0. The molecule has 0 aliphatic heterocycles. The van der Waals surface area contributed by atoms with Gasteiger partial charge in [0.1, 0.15) is 5.03 Å². The Hall–Kier alpha value is -1.06. The summed E-state index contributed by atoms with van der Waals surface area (Å²) in [5, 5.41) is 5.95. The lowest BCUT2D eigenvalue weighted by Crippen LogP contribution is -2.14. The number of rotatable bonds is 9. The van der Waals surface area contributed by atoms with Crippen LogP contribution in [0.4, 0.5) is 0 Å². The third-order valence-corrected chi connectivity index (χ3v) is 4.61. The van der Waals surface area contributed by atoms with E-state index in [1.54, 1.807) is 0 Å². The molecule has 0 saturated heterocycles. The maximum absolute atomic E-state index is 4.87. The van der Waals surface area contributed by atoms with Gasteiger partial charge in [-0.3, -0.25) is 0 Å². The molecule has 0 aliphatic carbocycles. The molecule has 1 aromatic heterocycles. The number of fused-ring (bicyclic) bond motifs is 1. The van der Waals surface area contributed by atoms with Crippen LogP contribution < -0.4 is 5.32 Å². The fraction of sp³-hybridized carbons (Fsp3) is 0.500. The molecule has 1 aromatic carbocycles. The first-order valence-corrected chi connectivity index (χ1v) is 9.06. The van der Waals surface area contributed by atoms with Crippen molar-refractivity contribution in [2.45, 2.75) is 51.1 Å². The van der Waals surface area contributed by atoms with Crippen molar-refractivity contribution < 1.29 is 0 Å². The lowest BCUT2D eigenvalue weighted by atomic mass is 10.1. The topological polar surface area (TPSA) is 24.9 Å². The average Bonchev–Trinajstić information content (AvgIpc) is 2.52. The number of para-hydroxylation sites is 1. The quantitative estimate of drug-likeness (QED) is 0.520. The molecule has 0 spiro atoms. The number of hydrogen-bond donors (Lipinski definition) is 1. The summed E-state index contributed by atoms with van der Waals surface area (Å²) in [5.74, 6) is 1.17. The SMILES string of the molecule is CCCCCSc1nc2ccccc2cc1CNCCC. The first-order chi connectivity index (χ1) is 10.3. The molecule has 3 heteroatoms. The van der Waals surface area contributed by atoms with Crippen LogP contribution in [0.25, 0.3) is 10.9 Å². The lowest BCUT2D eigenvalue weighted by molar-refractivity contribution is 0.666. The number of benzene rings is 1. The van der Waals surface area contributed by atoms with Crippen LogP contribution in [-0.2, 0) is 6.54 Å². The van der Waals surface area contributed by atoms with E-state index in [4.69, 9.17) is 4.98 Å². The molecule has 0 saturated carbocycles. The molecule has 0 aliphatic rings. The molecule has 0 radical (unpaired) electrons. The molecule has 0 atom stereocenters. The van der Waals surface area contributed by atoms with Crippen LogP contribution in [0.1, 0.15) is 45.1 Å². The van der Waals surface area contributed by atoms with E-state index in [1.165, 1.54) is 47.4 Å². The Balaban J connectivity index is 2.14. The highest BCUT2D eigenvalue weighted by Crippen LogP contribution is 2.26. The third-order valence-electron chi connectivity index (χ3n) is 3.49. The van der Waals surface area contributed by atoms with Gasteiger partial charge in [-0.05, 0) is 42.8 Å². The van der Waals surface area contributed by atoms with Crippen LogP contribution in [0.2, 0.25) is 0 Å². The minimum absolute atomic E-state index is 0.918. The van der Waals surface area contributed by atoms with E-state index >= 15 is 0 Å². The maximum Gasteiger partial charge on any atom is 0.101 e. The second-order valence-corrected chi connectivity index (χ2v) is 6.46. The summed E-state index contributed by atoms with van der Waals surface area (Å²) in [6, 6.07) is 10.7. The van der Waals surface area contributed by atoms with E-state index in [0.717, 1.165) is 18.6 Å². The molecule has 0 unspecified atom stereocenters. The molecule has 21 heavy (non-hydrogen) atoms. The summed E-state index contributed by atoms with van der Waals surface area (Å²) < 4.78 is 0. The van der Waals surface area contributed by atoms with Crippen molar-refractivity contribution in [2.24, 2.45) is 0 Å². The zero-order chi connectivity index (χ0) is 14.9. The Morgan fingerprint density at radius 1 is 1.10 bits per heavy atom. The zero-order valence-corrected chi connectivity index (χ0v) is 14.0. The number of thioether (sulfide) groups is 1. The van der Waals surface area contributed by atoms with Crippen LogP contribution >= 0.6 is 11.8 Å². The van der Waals surface area contributed by atoms with Gasteiger partial charge >= 0.3 is 0 Å². The molecule has 2 aromatic rings. The van der Waals surface area contributed by atoms with E-state index in [2.05, 4.69) is 49.5 Å². The van der Waals surface area contributed by atoms with Gasteiger partial charge in [-0.25, -0.2) is 4.98 Å². The van der Waals surface area contributed by atoms with Gasteiger partial charge in [0, 0.05) is 11.9 Å². The van der Waals surface area contributed by atoms with Gasteiger partial charge in [-0.2, -0.15) is 0 Å². The molecule has 0 bridgehead atoms. The number of aromatic nitrogens is 1.